The van der Waals surface area contributed by atoms with Crippen LogP contribution >= 0.6 is 11.8 Å². The van der Waals surface area contributed by atoms with Gasteiger partial charge in [-0.3, -0.25) is 4.79 Å². The normalized spacial score (nSPS) is 12.2. The number of methoxy groups -OCH3 is 1. The third-order valence-electron chi connectivity index (χ3n) is 3.74. The molecule has 0 spiro atoms. The first-order valence-corrected chi connectivity index (χ1v) is 9.29. The van der Waals surface area contributed by atoms with Crippen LogP contribution in [-0.2, 0) is 15.7 Å². The average Bonchev–Trinajstić information content (AvgIpc) is 2.66. The van der Waals surface area contributed by atoms with Crippen molar-refractivity contribution >= 4 is 29.3 Å². The lowest BCUT2D eigenvalue weighted by atomic mass is 10.2. The van der Waals surface area contributed by atoms with E-state index in [4.69, 9.17) is 9.47 Å². The van der Waals surface area contributed by atoms with Gasteiger partial charge >= 0.3 is 12.1 Å². The smallest absolute Gasteiger partial charge is 0.416 e. The molecule has 28 heavy (non-hydrogen) atoms. The molecule has 1 amide bonds. The number of benzene rings is 2. The van der Waals surface area contributed by atoms with E-state index in [1.54, 1.807) is 12.1 Å². The minimum absolute atomic E-state index is 0.0513. The van der Waals surface area contributed by atoms with E-state index in [0.29, 0.717) is 5.75 Å². The molecular formula is C19H18F3NO4S. The van der Waals surface area contributed by atoms with Crippen LogP contribution in [0, 0.1) is 0 Å². The van der Waals surface area contributed by atoms with Crippen LogP contribution in [0.2, 0.25) is 0 Å². The number of thioether (sulfide) groups is 1. The molecule has 150 valence electrons. The van der Waals surface area contributed by atoms with Crippen molar-refractivity contribution in [1.82, 2.24) is 0 Å². The van der Waals surface area contributed by atoms with Gasteiger partial charge < -0.3 is 14.8 Å². The number of hydrogen-bond donors (Lipinski definition) is 1. The number of ether oxygens (including phenoxy) is 2. The van der Waals surface area contributed by atoms with E-state index in [0.717, 1.165) is 17.0 Å². The molecule has 2 aromatic rings. The summed E-state index contributed by atoms with van der Waals surface area (Å²) in [6.45, 7) is 1.32. The van der Waals surface area contributed by atoms with Gasteiger partial charge in [0.1, 0.15) is 11.3 Å². The van der Waals surface area contributed by atoms with Gasteiger partial charge in [0.2, 0.25) is 0 Å². The van der Waals surface area contributed by atoms with Gasteiger partial charge in [0.15, 0.2) is 6.10 Å². The molecule has 2 rings (SSSR count). The van der Waals surface area contributed by atoms with Gasteiger partial charge in [-0.25, -0.2) is 4.79 Å². The van der Waals surface area contributed by atoms with E-state index in [1.807, 2.05) is 6.26 Å². The lowest BCUT2D eigenvalue weighted by Gasteiger charge is -2.16. The molecule has 0 aliphatic rings. The van der Waals surface area contributed by atoms with Crippen molar-refractivity contribution in [3.05, 3.63) is 53.6 Å². The number of amides is 1. The number of carbonyl (C=O) groups is 2. The number of hydrogen-bond acceptors (Lipinski definition) is 5. The summed E-state index contributed by atoms with van der Waals surface area (Å²) in [5.74, 6) is -1.24. The van der Waals surface area contributed by atoms with Gasteiger partial charge in [-0.1, -0.05) is 6.07 Å². The molecule has 2 aromatic carbocycles. The fourth-order valence-electron chi connectivity index (χ4n) is 2.26. The third-order valence-corrected chi connectivity index (χ3v) is 4.46. The predicted octanol–water partition coefficient (Wildman–Crippen LogP) is 4.62. The van der Waals surface area contributed by atoms with E-state index in [2.05, 4.69) is 5.32 Å². The summed E-state index contributed by atoms with van der Waals surface area (Å²) in [5, 5.41) is 2.31. The molecule has 9 heteroatoms. The SMILES string of the molecule is COc1cc(SC)ccc1C(=O)O[C@H](C)C(=O)Nc1cccc(C(F)(F)F)c1. The molecule has 1 N–H and O–H groups in total. The van der Waals surface area contributed by atoms with Crippen LogP contribution < -0.4 is 10.1 Å². The molecular weight excluding hydrogens is 395 g/mol. The van der Waals surface area contributed by atoms with Crippen LogP contribution in [0.15, 0.2) is 47.4 Å². The number of carbonyl (C=O) groups excluding carboxylic acids is 2. The Morgan fingerprint density at radius 1 is 1.14 bits per heavy atom. The van der Waals surface area contributed by atoms with E-state index in [-0.39, 0.29) is 11.3 Å². The summed E-state index contributed by atoms with van der Waals surface area (Å²) < 4.78 is 48.6. The number of nitrogens with one attached hydrogen (secondary N) is 1. The lowest BCUT2D eigenvalue weighted by Crippen LogP contribution is -2.30. The second kappa shape index (κ2) is 9.01. The third kappa shape index (κ3) is 5.41. The highest BCUT2D eigenvalue weighted by molar-refractivity contribution is 7.98. The minimum atomic E-state index is -4.53. The Labute approximate surface area is 164 Å². The van der Waals surface area contributed by atoms with Gasteiger partial charge in [-0.2, -0.15) is 13.2 Å². The van der Waals surface area contributed by atoms with Crippen molar-refractivity contribution in [2.45, 2.75) is 24.1 Å². The van der Waals surface area contributed by atoms with Crippen molar-refractivity contribution in [3.63, 3.8) is 0 Å². The maximum absolute atomic E-state index is 12.8. The monoisotopic (exact) mass is 413 g/mol. The maximum atomic E-state index is 12.8. The topological polar surface area (TPSA) is 64.6 Å². The summed E-state index contributed by atoms with van der Waals surface area (Å²) >= 11 is 1.47. The number of rotatable bonds is 6. The maximum Gasteiger partial charge on any atom is 0.416 e. The first kappa shape index (κ1) is 21.6. The van der Waals surface area contributed by atoms with E-state index in [9.17, 15) is 22.8 Å². The molecule has 0 aromatic heterocycles. The Bertz CT molecular complexity index is 870. The van der Waals surface area contributed by atoms with Gasteiger partial charge in [-0.15, -0.1) is 11.8 Å². The van der Waals surface area contributed by atoms with Crippen LogP contribution in [0.4, 0.5) is 18.9 Å². The highest BCUT2D eigenvalue weighted by atomic mass is 32.2. The van der Waals surface area contributed by atoms with Crippen LogP contribution in [-0.4, -0.2) is 31.3 Å². The Morgan fingerprint density at radius 2 is 1.86 bits per heavy atom. The second-order valence-corrected chi connectivity index (χ2v) is 6.56. The number of halogens is 3. The molecule has 0 saturated heterocycles. The largest absolute Gasteiger partial charge is 0.496 e. The van der Waals surface area contributed by atoms with Gasteiger partial charge in [0.05, 0.1) is 12.7 Å². The molecule has 0 fully saturated rings. The van der Waals surface area contributed by atoms with Crippen LogP contribution in [0.25, 0.3) is 0 Å². The van der Waals surface area contributed by atoms with Crippen LogP contribution in [0.5, 0.6) is 5.75 Å². The first-order valence-electron chi connectivity index (χ1n) is 8.07. The number of anilines is 1. The van der Waals surface area contributed by atoms with Crippen molar-refractivity contribution in [2.75, 3.05) is 18.7 Å². The summed E-state index contributed by atoms with van der Waals surface area (Å²) in [5.41, 5.74) is -0.808. The van der Waals surface area contributed by atoms with Crippen molar-refractivity contribution in [1.29, 1.82) is 0 Å². The fourth-order valence-corrected chi connectivity index (χ4v) is 2.69. The zero-order valence-corrected chi connectivity index (χ0v) is 16.1. The van der Waals surface area contributed by atoms with Gasteiger partial charge in [0, 0.05) is 10.6 Å². The summed E-state index contributed by atoms with van der Waals surface area (Å²) in [4.78, 5) is 25.4. The lowest BCUT2D eigenvalue weighted by molar-refractivity contribution is -0.137. The first-order chi connectivity index (χ1) is 13.2. The number of alkyl halides is 3. The Morgan fingerprint density at radius 3 is 2.46 bits per heavy atom. The highest BCUT2D eigenvalue weighted by Crippen LogP contribution is 2.31. The van der Waals surface area contributed by atoms with Crippen LogP contribution in [0.3, 0.4) is 0 Å². The standard InChI is InChI=1S/C19H18F3NO4S/c1-11(17(24)23-13-6-4-5-12(9-13)19(20,21)22)27-18(25)15-8-7-14(28-3)10-16(15)26-2/h4-11H,1-3H3,(H,23,24)/t11-/m1/s1. The molecule has 0 unspecified atom stereocenters. The summed E-state index contributed by atoms with van der Waals surface area (Å²) in [6, 6.07) is 9.07. The average molecular weight is 413 g/mol. The molecule has 1 atom stereocenters. The molecule has 0 saturated carbocycles. The fraction of sp³-hybridized carbons (Fsp3) is 0.263. The predicted molar refractivity (Wildman–Crippen MR) is 99.7 cm³/mol. The van der Waals surface area contributed by atoms with Crippen molar-refractivity contribution < 1.29 is 32.2 Å². The Kier molecular flexibility index (Phi) is 6.95. The zero-order chi connectivity index (χ0) is 20.9. The zero-order valence-electron chi connectivity index (χ0n) is 15.3. The second-order valence-electron chi connectivity index (χ2n) is 5.68. The van der Waals surface area contributed by atoms with Crippen molar-refractivity contribution in [2.24, 2.45) is 0 Å². The quantitative estimate of drug-likeness (QED) is 0.553. The summed E-state index contributed by atoms with van der Waals surface area (Å²) in [7, 11) is 1.40. The van der Waals surface area contributed by atoms with Gasteiger partial charge in [0.25, 0.3) is 5.91 Å². The number of esters is 1. The van der Waals surface area contributed by atoms with E-state index in [1.165, 1.54) is 44.0 Å². The van der Waals surface area contributed by atoms with Crippen molar-refractivity contribution in [3.8, 4) is 5.75 Å². The molecule has 0 bridgehead atoms. The Hall–Kier alpha value is -2.68. The summed E-state index contributed by atoms with van der Waals surface area (Å²) in [6.07, 6.45) is -3.89. The van der Waals surface area contributed by atoms with E-state index >= 15 is 0 Å². The minimum Gasteiger partial charge on any atom is -0.496 e. The van der Waals surface area contributed by atoms with Gasteiger partial charge in [-0.05, 0) is 49.6 Å². The van der Waals surface area contributed by atoms with E-state index < -0.39 is 29.7 Å². The molecule has 5 nitrogen and oxygen atoms in total. The van der Waals surface area contributed by atoms with Crippen LogP contribution in [0.1, 0.15) is 22.8 Å². The molecule has 0 aliphatic heterocycles. The molecule has 0 heterocycles. The molecule has 0 aliphatic carbocycles. The highest BCUT2D eigenvalue weighted by Gasteiger charge is 2.30. The Balaban J connectivity index is 2.07. The molecule has 0 radical (unpaired) electrons.